The van der Waals surface area contributed by atoms with Gasteiger partial charge in [-0.2, -0.15) is 0 Å². The number of rotatable bonds is 3. The highest BCUT2D eigenvalue weighted by Crippen LogP contribution is 2.15. The van der Waals surface area contributed by atoms with Crippen LogP contribution in [0.5, 0.6) is 0 Å². The Hall–Kier alpha value is -2.49. The maximum Gasteiger partial charge on any atom is 0.257 e. The van der Waals surface area contributed by atoms with Crippen molar-refractivity contribution in [2.75, 3.05) is 5.32 Å². The zero-order valence-corrected chi connectivity index (χ0v) is 10.8. The van der Waals surface area contributed by atoms with Crippen molar-refractivity contribution in [2.45, 2.75) is 13.8 Å². The lowest BCUT2D eigenvalue weighted by Gasteiger charge is -2.09. The third-order valence-electron chi connectivity index (χ3n) is 2.87. The van der Waals surface area contributed by atoms with Crippen LogP contribution in [0.25, 0.3) is 0 Å². The van der Waals surface area contributed by atoms with Crippen LogP contribution in [0.2, 0.25) is 0 Å². The fraction of sp³-hybridized carbons (Fsp3) is 0.133. The van der Waals surface area contributed by atoms with E-state index in [1.54, 1.807) is 12.1 Å². The highest BCUT2D eigenvalue weighted by atomic mass is 16.1. The first-order chi connectivity index (χ1) is 9.11. The Bertz CT molecular complexity index is 598. The third kappa shape index (κ3) is 2.85. The van der Waals surface area contributed by atoms with Crippen LogP contribution in [0.3, 0.4) is 0 Å². The predicted octanol–water partition coefficient (Wildman–Crippen LogP) is 2.76. The first-order valence-corrected chi connectivity index (χ1v) is 5.90. The molecule has 0 fully saturated rings. The molecule has 1 N–H and O–H groups in total. The quantitative estimate of drug-likeness (QED) is 0.857. The van der Waals surface area contributed by atoms with Crippen molar-refractivity contribution in [3.8, 4) is 0 Å². The van der Waals surface area contributed by atoms with Gasteiger partial charge in [0.15, 0.2) is 6.29 Å². The summed E-state index contributed by atoms with van der Waals surface area (Å²) in [6.45, 7) is 3.79. The minimum atomic E-state index is -0.193. The van der Waals surface area contributed by atoms with E-state index in [9.17, 15) is 9.59 Å². The second-order valence-corrected chi connectivity index (χ2v) is 4.32. The molecule has 0 aliphatic heterocycles. The molecule has 2 rings (SSSR count). The second-order valence-electron chi connectivity index (χ2n) is 4.32. The average Bonchev–Trinajstić information content (AvgIpc) is 2.39. The molecule has 0 radical (unpaired) electrons. The van der Waals surface area contributed by atoms with E-state index in [4.69, 9.17) is 0 Å². The van der Waals surface area contributed by atoms with E-state index in [1.807, 2.05) is 32.0 Å². The molecule has 0 saturated heterocycles. The molecule has 19 heavy (non-hydrogen) atoms. The first-order valence-electron chi connectivity index (χ1n) is 5.90. The summed E-state index contributed by atoms with van der Waals surface area (Å²) in [5, 5.41) is 2.73. The molecule has 0 atom stereocenters. The van der Waals surface area contributed by atoms with Crippen LogP contribution in [0.15, 0.2) is 36.5 Å². The topological polar surface area (TPSA) is 59.1 Å². The summed E-state index contributed by atoms with van der Waals surface area (Å²) in [6.07, 6.45) is 2.14. The molecule has 0 aliphatic carbocycles. The molecule has 1 aromatic carbocycles. The van der Waals surface area contributed by atoms with E-state index in [-0.39, 0.29) is 5.91 Å². The van der Waals surface area contributed by atoms with Gasteiger partial charge in [0.2, 0.25) is 0 Å². The highest BCUT2D eigenvalue weighted by Gasteiger charge is 2.12. The molecular weight excluding hydrogens is 240 g/mol. The van der Waals surface area contributed by atoms with Crippen LogP contribution in [0.1, 0.15) is 31.8 Å². The van der Waals surface area contributed by atoms with Gasteiger partial charge in [0.25, 0.3) is 5.91 Å². The Balaban J connectivity index is 2.23. The summed E-state index contributed by atoms with van der Waals surface area (Å²) in [4.78, 5) is 26.7. The minimum Gasteiger partial charge on any atom is -0.307 e. The van der Waals surface area contributed by atoms with Gasteiger partial charge in [0, 0.05) is 17.3 Å². The van der Waals surface area contributed by atoms with E-state index in [2.05, 4.69) is 10.3 Å². The Labute approximate surface area is 111 Å². The van der Waals surface area contributed by atoms with Crippen LogP contribution in [-0.2, 0) is 0 Å². The van der Waals surface area contributed by atoms with Crippen molar-refractivity contribution in [1.82, 2.24) is 4.98 Å². The van der Waals surface area contributed by atoms with Crippen molar-refractivity contribution in [3.63, 3.8) is 0 Å². The number of benzene rings is 1. The zero-order valence-electron chi connectivity index (χ0n) is 10.8. The number of aryl methyl sites for hydroxylation is 2. The van der Waals surface area contributed by atoms with E-state index in [1.165, 1.54) is 6.20 Å². The number of amides is 1. The Kier molecular flexibility index (Phi) is 3.71. The lowest BCUT2D eigenvalue weighted by Crippen LogP contribution is -2.15. The fourth-order valence-corrected chi connectivity index (χ4v) is 1.90. The van der Waals surface area contributed by atoms with Crippen molar-refractivity contribution >= 4 is 18.0 Å². The lowest BCUT2D eigenvalue weighted by molar-refractivity contribution is 0.102. The highest BCUT2D eigenvalue weighted by molar-refractivity contribution is 6.05. The van der Waals surface area contributed by atoms with Gasteiger partial charge in [-0.05, 0) is 37.1 Å². The van der Waals surface area contributed by atoms with Crippen LogP contribution in [-0.4, -0.2) is 17.2 Å². The number of aldehydes is 1. The largest absolute Gasteiger partial charge is 0.307 e. The molecule has 1 heterocycles. The van der Waals surface area contributed by atoms with Gasteiger partial charge in [0.05, 0.1) is 0 Å². The van der Waals surface area contributed by atoms with E-state index in [0.29, 0.717) is 23.2 Å². The SMILES string of the molecule is Cc1cccc(C)c1C(=O)Nc1ccc(C=O)cn1. The molecule has 0 saturated carbocycles. The number of carbonyl (C=O) groups excluding carboxylic acids is 2. The van der Waals surface area contributed by atoms with Crippen LogP contribution < -0.4 is 5.32 Å². The minimum absolute atomic E-state index is 0.193. The van der Waals surface area contributed by atoms with Crippen molar-refractivity contribution in [1.29, 1.82) is 0 Å². The molecule has 1 aromatic heterocycles. The van der Waals surface area contributed by atoms with Crippen LogP contribution in [0.4, 0.5) is 5.82 Å². The zero-order chi connectivity index (χ0) is 13.8. The molecule has 4 nitrogen and oxygen atoms in total. The summed E-state index contributed by atoms with van der Waals surface area (Å²) < 4.78 is 0. The van der Waals surface area contributed by atoms with Gasteiger partial charge in [-0.25, -0.2) is 4.98 Å². The number of hydrogen-bond donors (Lipinski definition) is 1. The van der Waals surface area contributed by atoms with E-state index in [0.717, 1.165) is 11.1 Å². The molecule has 1 amide bonds. The summed E-state index contributed by atoms with van der Waals surface area (Å²) in [5.74, 6) is 0.236. The van der Waals surface area contributed by atoms with Crippen LogP contribution in [0, 0.1) is 13.8 Å². The van der Waals surface area contributed by atoms with Gasteiger partial charge in [-0.15, -0.1) is 0 Å². The van der Waals surface area contributed by atoms with Crippen LogP contribution >= 0.6 is 0 Å². The number of hydrogen-bond acceptors (Lipinski definition) is 3. The van der Waals surface area contributed by atoms with Gasteiger partial charge in [-0.3, -0.25) is 9.59 Å². The van der Waals surface area contributed by atoms with E-state index >= 15 is 0 Å². The second kappa shape index (κ2) is 5.44. The number of aromatic nitrogens is 1. The van der Waals surface area contributed by atoms with Gasteiger partial charge in [-0.1, -0.05) is 18.2 Å². The summed E-state index contributed by atoms with van der Waals surface area (Å²) in [6, 6.07) is 8.92. The molecule has 0 unspecified atom stereocenters. The molecule has 0 aliphatic rings. The molecule has 0 spiro atoms. The molecule has 4 heteroatoms. The average molecular weight is 254 g/mol. The number of pyridine rings is 1. The maximum atomic E-state index is 12.2. The molecule has 0 bridgehead atoms. The maximum absolute atomic E-state index is 12.2. The van der Waals surface area contributed by atoms with Gasteiger partial charge >= 0.3 is 0 Å². The van der Waals surface area contributed by atoms with Gasteiger partial charge in [0.1, 0.15) is 5.82 Å². The summed E-state index contributed by atoms with van der Waals surface area (Å²) >= 11 is 0. The Morgan fingerprint density at radius 1 is 1.16 bits per heavy atom. The molecule has 96 valence electrons. The smallest absolute Gasteiger partial charge is 0.257 e. The number of nitrogens with one attached hydrogen (secondary N) is 1. The lowest BCUT2D eigenvalue weighted by atomic mass is 10.0. The molecule has 2 aromatic rings. The molecular formula is C15H14N2O2. The summed E-state index contributed by atoms with van der Waals surface area (Å²) in [5.41, 5.74) is 2.97. The first kappa shape index (κ1) is 13.0. The Morgan fingerprint density at radius 3 is 2.37 bits per heavy atom. The predicted molar refractivity (Wildman–Crippen MR) is 73.5 cm³/mol. The summed E-state index contributed by atoms with van der Waals surface area (Å²) in [7, 11) is 0. The van der Waals surface area contributed by atoms with Crippen molar-refractivity contribution < 1.29 is 9.59 Å². The monoisotopic (exact) mass is 254 g/mol. The van der Waals surface area contributed by atoms with Crippen molar-refractivity contribution in [2.24, 2.45) is 0 Å². The van der Waals surface area contributed by atoms with Crippen molar-refractivity contribution in [3.05, 3.63) is 58.8 Å². The number of anilines is 1. The number of nitrogens with zero attached hydrogens (tertiary/aromatic N) is 1. The fourth-order valence-electron chi connectivity index (χ4n) is 1.90. The standard InChI is InChI=1S/C15H14N2O2/c1-10-4-3-5-11(2)14(10)15(19)17-13-7-6-12(9-18)8-16-13/h3-9H,1-2H3,(H,16,17,19). The van der Waals surface area contributed by atoms with Gasteiger partial charge < -0.3 is 5.32 Å². The normalized spacial score (nSPS) is 10.0. The number of carbonyl (C=O) groups is 2. The Morgan fingerprint density at radius 2 is 1.84 bits per heavy atom. The third-order valence-corrected chi connectivity index (χ3v) is 2.87. The van der Waals surface area contributed by atoms with E-state index < -0.39 is 0 Å².